The molecule has 0 aromatic carbocycles. The summed E-state index contributed by atoms with van der Waals surface area (Å²) >= 11 is 0. The van der Waals surface area contributed by atoms with Gasteiger partial charge in [-0.25, -0.2) is 0 Å². The third kappa shape index (κ3) is 6.47. The average molecular weight is 188 g/mol. The van der Waals surface area contributed by atoms with Crippen molar-refractivity contribution in [2.24, 2.45) is 0 Å². The maximum Gasteiger partial charge on any atom is -0.0166 e. The van der Waals surface area contributed by atoms with E-state index in [2.05, 4.69) is 48.6 Å². The van der Waals surface area contributed by atoms with E-state index < -0.39 is 0 Å². The van der Waals surface area contributed by atoms with Gasteiger partial charge in [-0.05, 0) is 38.5 Å². The van der Waals surface area contributed by atoms with Crippen molar-refractivity contribution in [1.82, 2.24) is 0 Å². The van der Waals surface area contributed by atoms with E-state index in [0.29, 0.717) is 0 Å². The largest absolute Gasteiger partial charge is 0.0885 e. The maximum absolute atomic E-state index is 2.31. The van der Waals surface area contributed by atoms with E-state index in [9.17, 15) is 0 Å². The van der Waals surface area contributed by atoms with Crippen molar-refractivity contribution in [1.29, 1.82) is 0 Å². The SMILES string of the molecule is C1=CCC/C=C\CCC/C=C/C/C=C\1. The molecule has 0 atom stereocenters. The molecule has 1 aliphatic carbocycles. The zero-order valence-corrected chi connectivity index (χ0v) is 8.86. The molecule has 0 aliphatic heterocycles. The molecule has 0 unspecified atom stereocenters. The Bertz CT molecular complexity index is 228. The maximum atomic E-state index is 2.31. The molecule has 1 rings (SSSR count). The van der Waals surface area contributed by atoms with Crippen LogP contribution in [0.25, 0.3) is 0 Å². The minimum atomic E-state index is 1.07. The summed E-state index contributed by atoms with van der Waals surface area (Å²) in [6.45, 7) is 0. The lowest BCUT2D eigenvalue weighted by molar-refractivity contribution is 0.860. The summed E-state index contributed by atoms with van der Waals surface area (Å²) in [5, 5.41) is 0. The Kier molecular flexibility index (Phi) is 6.74. The minimum absolute atomic E-state index is 1.07. The van der Waals surface area contributed by atoms with Crippen molar-refractivity contribution < 1.29 is 0 Å². The lowest BCUT2D eigenvalue weighted by atomic mass is 10.2. The fraction of sp³-hybridized carbons (Fsp3) is 0.429. The van der Waals surface area contributed by atoms with Crippen LogP contribution in [0.2, 0.25) is 0 Å². The second-order valence-electron chi connectivity index (χ2n) is 3.54. The van der Waals surface area contributed by atoms with Crippen LogP contribution in [0.1, 0.15) is 38.5 Å². The molecule has 1 aliphatic rings. The number of hydrogen-bond acceptors (Lipinski definition) is 0. The van der Waals surface area contributed by atoms with Crippen LogP contribution in [0, 0.1) is 0 Å². The molecule has 0 amide bonds. The second-order valence-corrected chi connectivity index (χ2v) is 3.54. The van der Waals surface area contributed by atoms with E-state index in [1.165, 1.54) is 25.7 Å². The van der Waals surface area contributed by atoms with E-state index in [4.69, 9.17) is 0 Å². The molecular weight excluding hydrogens is 168 g/mol. The van der Waals surface area contributed by atoms with Gasteiger partial charge in [0.15, 0.2) is 0 Å². The van der Waals surface area contributed by atoms with Crippen molar-refractivity contribution >= 4 is 0 Å². The van der Waals surface area contributed by atoms with Gasteiger partial charge in [0, 0.05) is 0 Å². The third-order valence-electron chi connectivity index (χ3n) is 2.23. The predicted molar refractivity (Wildman–Crippen MR) is 64.3 cm³/mol. The van der Waals surface area contributed by atoms with Crippen molar-refractivity contribution in [3.8, 4) is 0 Å². The van der Waals surface area contributed by atoms with Gasteiger partial charge in [0.25, 0.3) is 0 Å². The summed E-state index contributed by atoms with van der Waals surface area (Å²) < 4.78 is 0. The Hall–Kier alpha value is -1.04. The molecule has 0 spiro atoms. The molecule has 0 nitrogen and oxygen atoms in total. The molecule has 0 saturated carbocycles. The molecular formula is C14H20. The summed E-state index contributed by atoms with van der Waals surface area (Å²) in [5.41, 5.74) is 0. The van der Waals surface area contributed by atoms with Crippen LogP contribution in [0.5, 0.6) is 0 Å². The smallest absolute Gasteiger partial charge is 0.0166 e. The molecule has 0 fully saturated rings. The summed E-state index contributed by atoms with van der Waals surface area (Å²) in [6, 6.07) is 0. The predicted octanol–water partition coefficient (Wildman–Crippen LogP) is 4.57. The van der Waals surface area contributed by atoms with Gasteiger partial charge in [-0.15, -0.1) is 0 Å². The average Bonchev–Trinajstić information content (AvgIpc) is 2.22. The normalized spacial score (nSPS) is 26.3. The highest BCUT2D eigenvalue weighted by molar-refractivity contribution is 5.05. The van der Waals surface area contributed by atoms with Crippen molar-refractivity contribution in [3.05, 3.63) is 48.6 Å². The first-order valence-corrected chi connectivity index (χ1v) is 5.62. The molecule has 76 valence electrons. The monoisotopic (exact) mass is 188 g/mol. The fourth-order valence-corrected chi connectivity index (χ4v) is 1.41. The first-order valence-electron chi connectivity index (χ1n) is 5.62. The molecule has 0 saturated heterocycles. The van der Waals surface area contributed by atoms with Gasteiger partial charge in [0.1, 0.15) is 0 Å². The lowest BCUT2D eigenvalue weighted by Crippen LogP contribution is -1.71. The van der Waals surface area contributed by atoms with Crippen LogP contribution in [0.3, 0.4) is 0 Å². The van der Waals surface area contributed by atoms with E-state index in [-0.39, 0.29) is 0 Å². The molecule has 0 aromatic heterocycles. The first kappa shape index (κ1) is 11.0. The summed E-state index contributed by atoms with van der Waals surface area (Å²) in [5.74, 6) is 0. The van der Waals surface area contributed by atoms with E-state index in [1.54, 1.807) is 0 Å². The van der Waals surface area contributed by atoms with Crippen LogP contribution in [0.4, 0.5) is 0 Å². The lowest BCUT2D eigenvalue weighted by Gasteiger charge is -1.91. The summed E-state index contributed by atoms with van der Waals surface area (Å²) in [4.78, 5) is 0. The number of rotatable bonds is 0. The van der Waals surface area contributed by atoms with Crippen molar-refractivity contribution in [2.75, 3.05) is 0 Å². The topological polar surface area (TPSA) is 0 Å². The Balaban J connectivity index is 2.35. The Morgan fingerprint density at radius 1 is 0.500 bits per heavy atom. The van der Waals surface area contributed by atoms with E-state index >= 15 is 0 Å². The molecule has 0 aromatic rings. The zero-order valence-electron chi connectivity index (χ0n) is 8.86. The molecule has 0 heterocycles. The molecule has 0 N–H and O–H groups in total. The van der Waals surface area contributed by atoms with Gasteiger partial charge in [-0.1, -0.05) is 48.6 Å². The third-order valence-corrected chi connectivity index (χ3v) is 2.23. The highest BCUT2D eigenvalue weighted by Gasteiger charge is 1.82. The standard InChI is InChI=1S/C14H20/c1-2-4-6-8-10-12-14-13-11-9-7-5-3-1/h1-4,7,9-10,12H,5-6,8,11,13-14H2/b3-1-,4-2?,9-7+,12-10-. The highest BCUT2D eigenvalue weighted by Crippen LogP contribution is 2.02. The summed E-state index contributed by atoms with van der Waals surface area (Å²) in [7, 11) is 0. The summed E-state index contributed by atoms with van der Waals surface area (Å²) in [6.07, 6.45) is 25.0. The first-order chi connectivity index (χ1) is 7.00. The number of allylic oxidation sites excluding steroid dienone is 8. The molecule has 14 heavy (non-hydrogen) atoms. The van der Waals surface area contributed by atoms with E-state index in [1.807, 2.05) is 0 Å². The minimum Gasteiger partial charge on any atom is -0.0885 e. The molecule has 0 radical (unpaired) electrons. The number of hydrogen-bond donors (Lipinski definition) is 0. The van der Waals surface area contributed by atoms with E-state index in [0.717, 1.165) is 12.8 Å². The van der Waals surface area contributed by atoms with Crippen LogP contribution < -0.4 is 0 Å². The Labute approximate surface area is 87.7 Å². The quantitative estimate of drug-likeness (QED) is 0.489. The van der Waals surface area contributed by atoms with Crippen LogP contribution >= 0.6 is 0 Å². The fourth-order valence-electron chi connectivity index (χ4n) is 1.41. The van der Waals surface area contributed by atoms with Crippen LogP contribution in [-0.2, 0) is 0 Å². The van der Waals surface area contributed by atoms with Gasteiger partial charge in [0.2, 0.25) is 0 Å². The van der Waals surface area contributed by atoms with Crippen LogP contribution in [-0.4, -0.2) is 0 Å². The van der Waals surface area contributed by atoms with Gasteiger partial charge < -0.3 is 0 Å². The van der Waals surface area contributed by atoms with Gasteiger partial charge >= 0.3 is 0 Å². The Morgan fingerprint density at radius 2 is 1.14 bits per heavy atom. The van der Waals surface area contributed by atoms with Gasteiger partial charge in [-0.3, -0.25) is 0 Å². The molecule has 0 heteroatoms. The second kappa shape index (κ2) is 8.55. The van der Waals surface area contributed by atoms with Crippen molar-refractivity contribution in [3.63, 3.8) is 0 Å². The molecule has 0 bridgehead atoms. The van der Waals surface area contributed by atoms with Crippen molar-refractivity contribution in [2.45, 2.75) is 38.5 Å². The van der Waals surface area contributed by atoms with Gasteiger partial charge in [-0.2, -0.15) is 0 Å². The van der Waals surface area contributed by atoms with Crippen LogP contribution in [0.15, 0.2) is 48.6 Å². The Morgan fingerprint density at radius 3 is 2.07 bits per heavy atom. The highest BCUT2D eigenvalue weighted by atomic mass is 13.9. The zero-order chi connectivity index (χ0) is 9.90. The van der Waals surface area contributed by atoms with Gasteiger partial charge in [0.05, 0.1) is 0 Å².